The molecule has 0 aliphatic carbocycles. The second kappa shape index (κ2) is 10.3. The minimum atomic E-state index is 0.811. The highest BCUT2D eigenvalue weighted by Crippen LogP contribution is 2.31. The maximum atomic E-state index is 5.27. The molecule has 3 aromatic rings. The molecular formula is C25H34N6OS. The quantitative estimate of drug-likeness (QED) is 0.497. The summed E-state index contributed by atoms with van der Waals surface area (Å²) in [4.78, 5) is 11.8. The molecule has 0 atom stereocenters. The molecule has 0 spiro atoms. The molecule has 0 bridgehead atoms. The minimum absolute atomic E-state index is 0.811. The Morgan fingerprint density at radius 3 is 2.27 bits per heavy atom. The summed E-state index contributed by atoms with van der Waals surface area (Å²) >= 11 is 1.42. The van der Waals surface area contributed by atoms with E-state index in [9.17, 15) is 0 Å². The molecule has 1 N–H and O–H groups in total. The fourth-order valence-corrected chi connectivity index (χ4v) is 4.91. The van der Waals surface area contributed by atoms with Crippen molar-refractivity contribution in [2.75, 3.05) is 66.4 Å². The number of nitrogens with one attached hydrogen (secondary N) is 1. The molecule has 1 aliphatic rings. The summed E-state index contributed by atoms with van der Waals surface area (Å²) in [5.74, 6) is 1.70. The van der Waals surface area contributed by atoms with Gasteiger partial charge in [0.1, 0.15) is 5.75 Å². The van der Waals surface area contributed by atoms with Crippen molar-refractivity contribution < 1.29 is 4.74 Å². The molecule has 7 nitrogen and oxygen atoms in total. The van der Waals surface area contributed by atoms with Gasteiger partial charge in [0.25, 0.3) is 0 Å². The Kier molecular flexibility index (Phi) is 7.23. The Balaban J connectivity index is 1.39. The van der Waals surface area contributed by atoms with Crippen LogP contribution in [-0.4, -0.2) is 55.7 Å². The average Bonchev–Trinajstić information content (AvgIpc) is 3.31. The molecule has 33 heavy (non-hydrogen) atoms. The number of rotatable bonds is 8. The third kappa shape index (κ3) is 5.16. The van der Waals surface area contributed by atoms with E-state index in [2.05, 4.69) is 76.4 Å². The summed E-state index contributed by atoms with van der Waals surface area (Å²) in [6, 6.07) is 12.8. The molecule has 8 heteroatoms. The lowest BCUT2D eigenvalue weighted by Crippen LogP contribution is -2.46. The van der Waals surface area contributed by atoms with Crippen LogP contribution in [0.4, 0.5) is 28.1 Å². The predicted octanol–water partition coefficient (Wildman–Crippen LogP) is 5.08. The van der Waals surface area contributed by atoms with Crippen LogP contribution in [0.3, 0.4) is 0 Å². The van der Waals surface area contributed by atoms with Crippen molar-refractivity contribution in [1.29, 1.82) is 0 Å². The number of aryl methyl sites for hydroxylation is 2. The summed E-state index contributed by atoms with van der Waals surface area (Å²) in [7, 11) is 1.70. The molecule has 4 rings (SSSR count). The number of methoxy groups -OCH3 is 1. The number of aromatic nitrogens is 2. The van der Waals surface area contributed by atoms with Crippen LogP contribution in [0.5, 0.6) is 5.75 Å². The molecule has 0 unspecified atom stereocenters. The van der Waals surface area contributed by atoms with Gasteiger partial charge < -0.3 is 24.8 Å². The lowest BCUT2D eigenvalue weighted by molar-refractivity contribution is 0.415. The van der Waals surface area contributed by atoms with Gasteiger partial charge in [0.05, 0.1) is 7.11 Å². The molecule has 1 fully saturated rings. The van der Waals surface area contributed by atoms with Gasteiger partial charge in [-0.2, -0.15) is 9.36 Å². The molecule has 1 aromatic heterocycles. The SMILES string of the molecule is CCN(CC)c1cc(C)c(Nc2nc(N3CCN(c4ccc(OC)cc4)CC3)ns2)cc1C. The number of piperazine rings is 1. The van der Waals surface area contributed by atoms with Gasteiger partial charge in [-0.1, -0.05) is 0 Å². The van der Waals surface area contributed by atoms with Crippen molar-refractivity contribution in [2.45, 2.75) is 27.7 Å². The number of hydrogen-bond donors (Lipinski definition) is 1. The summed E-state index contributed by atoms with van der Waals surface area (Å²) < 4.78 is 9.90. The van der Waals surface area contributed by atoms with Crippen molar-refractivity contribution in [3.8, 4) is 5.75 Å². The van der Waals surface area contributed by atoms with Gasteiger partial charge in [0, 0.05) is 67.9 Å². The first-order chi connectivity index (χ1) is 16.0. The summed E-state index contributed by atoms with van der Waals surface area (Å²) in [5.41, 5.74) is 6.10. The van der Waals surface area contributed by atoms with Crippen LogP contribution in [0.1, 0.15) is 25.0 Å². The maximum Gasteiger partial charge on any atom is 0.239 e. The van der Waals surface area contributed by atoms with Gasteiger partial charge in [-0.25, -0.2) is 0 Å². The van der Waals surface area contributed by atoms with Crippen molar-refractivity contribution >= 4 is 39.7 Å². The minimum Gasteiger partial charge on any atom is -0.497 e. The standard InChI is InChI=1S/C25H34N6OS/c1-6-29(7-2)23-17-18(3)22(16-19(23)4)26-25-27-24(28-33-25)31-14-12-30(13-15-31)20-8-10-21(32-5)11-9-20/h8-11,16-17H,6-7,12-15H2,1-5H3,(H,26,27,28). The largest absolute Gasteiger partial charge is 0.497 e. The van der Waals surface area contributed by atoms with E-state index in [1.807, 2.05) is 12.1 Å². The average molecular weight is 467 g/mol. The fraction of sp³-hybridized carbons (Fsp3) is 0.440. The van der Waals surface area contributed by atoms with Gasteiger partial charge in [-0.15, -0.1) is 0 Å². The van der Waals surface area contributed by atoms with E-state index in [0.29, 0.717) is 0 Å². The zero-order valence-electron chi connectivity index (χ0n) is 20.3. The Bertz CT molecular complexity index is 1060. The smallest absolute Gasteiger partial charge is 0.239 e. The van der Waals surface area contributed by atoms with E-state index >= 15 is 0 Å². The zero-order valence-corrected chi connectivity index (χ0v) is 21.1. The molecule has 2 heterocycles. The van der Waals surface area contributed by atoms with Gasteiger partial charge in [-0.3, -0.25) is 0 Å². The number of hydrogen-bond acceptors (Lipinski definition) is 8. The Morgan fingerprint density at radius 2 is 1.64 bits per heavy atom. The van der Waals surface area contributed by atoms with Crippen molar-refractivity contribution in [2.24, 2.45) is 0 Å². The normalized spacial score (nSPS) is 13.8. The van der Waals surface area contributed by atoms with Crippen LogP contribution >= 0.6 is 11.5 Å². The van der Waals surface area contributed by atoms with E-state index in [1.54, 1.807) is 7.11 Å². The summed E-state index contributed by atoms with van der Waals surface area (Å²) in [5, 5.41) is 4.33. The number of anilines is 5. The molecule has 1 aliphatic heterocycles. The highest BCUT2D eigenvalue weighted by molar-refractivity contribution is 7.10. The van der Waals surface area contributed by atoms with Gasteiger partial charge in [-0.05, 0) is 75.2 Å². The van der Waals surface area contributed by atoms with Gasteiger partial charge >= 0.3 is 0 Å². The highest BCUT2D eigenvalue weighted by atomic mass is 32.1. The first kappa shape index (κ1) is 23.2. The lowest BCUT2D eigenvalue weighted by atomic mass is 10.1. The van der Waals surface area contributed by atoms with Crippen molar-refractivity contribution in [3.05, 3.63) is 47.5 Å². The highest BCUT2D eigenvalue weighted by Gasteiger charge is 2.21. The molecule has 2 aromatic carbocycles. The zero-order chi connectivity index (χ0) is 23.4. The van der Waals surface area contributed by atoms with E-state index in [4.69, 9.17) is 9.72 Å². The first-order valence-corrected chi connectivity index (χ1v) is 12.4. The van der Waals surface area contributed by atoms with Gasteiger partial charge in [0.15, 0.2) is 0 Å². The molecule has 0 amide bonds. The second-order valence-electron chi connectivity index (χ2n) is 8.32. The predicted molar refractivity (Wildman–Crippen MR) is 140 cm³/mol. The van der Waals surface area contributed by atoms with Crippen LogP contribution < -0.4 is 24.8 Å². The maximum absolute atomic E-state index is 5.27. The van der Waals surface area contributed by atoms with Crippen LogP contribution in [0.25, 0.3) is 0 Å². The molecule has 0 radical (unpaired) electrons. The molecule has 1 saturated heterocycles. The third-order valence-electron chi connectivity index (χ3n) is 6.30. The summed E-state index contributed by atoms with van der Waals surface area (Å²) in [6.45, 7) is 14.4. The van der Waals surface area contributed by atoms with Crippen LogP contribution in [-0.2, 0) is 0 Å². The molecule has 176 valence electrons. The Morgan fingerprint density at radius 1 is 0.970 bits per heavy atom. The van der Waals surface area contributed by atoms with E-state index < -0.39 is 0 Å². The first-order valence-electron chi connectivity index (χ1n) is 11.6. The molecular weight excluding hydrogens is 432 g/mol. The van der Waals surface area contributed by atoms with Crippen molar-refractivity contribution in [1.82, 2.24) is 9.36 Å². The number of benzene rings is 2. The monoisotopic (exact) mass is 466 g/mol. The number of nitrogens with zero attached hydrogens (tertiary/aromatic N) is 5. The number of ether oxygens (including phenoxy) is 1. The third-order valence-corrected chi connectivity index (χ3v) is 6.92. The lowest BCUT2D eigenvalue weighted by Gasteiger charge is -2.35. The van der Waals surface area contributed by atoms with Crippen LogP contribution in [0.15, 0.2) is 36.4 Å². The van der Waals surface area contributed by atoms with Crippen LogP contribution in [0, 0.1) is 13.8 Å². The second-order valence-corrected chi connectivity index (χ2v) is 9.07. The molecule has 0 saturated carbocycles. The summed E-state index contributed by atoms with van der Waals surface area (Å²) in [6.07, 6.45) is 0. The van der Waals surface area contributed by atoms with Gasteiger partial charge in [0.2, 0.25) is 11.1 Å². The van der Waals surface area contributed by atoms with E-state index in [-0.39, 0.29) is 0 Å². The van der Waals surface area contributed by atoms with E-state index in [1.165, 1.54) is 34.0 Å². The topological polar surface area (TPSA) is 56.8 Å². The Hall–Kier alpha value is -3.00. The fourth-order valence-electron chi connectivity index (χ4n) is 4.31. The van der Waals surface area contributed by atoms with Crippen LogP contribution in [0.2, 0.25) is 0 Å². The van der Waals surface area contributed by atoms with E-state index in [0.717, 1.165) is 61.8 Å². The van der Waals surface area contributed by atoms with Crippen molar-refractivity contribution in [3.63, 3.8) is 0 Å². The Labute approximate surface area is 201 Å².